The van der Waals surface area contributed by atoms with Gasteiger partial charge in [0, 0.05) is 20.8 Å². The van der Waals surface area contributed by atoms with E-state index < -0.39 is 42.5 Å². The molecule has 7 heteroatoms. The molecule has 1 saturated heterocycles. The zero-order valence-electron chi connectivity index (χ0n) is 11.4. The average molecular weight is 274 g/mol. The van der Waals surface area contributed by atoms with E-state index in [9.17, 15) is 14.4 Å². The molecule has 19 heavy (non-hydrogen) atoms. The summed E-state index contributed by atoms with van der Waals surface area (Å²) in [6.45, 7) is 5.42. The molecule has 0 aromatic heterocycles. The second-order valence-corrected chi connectivity index (χ2v) is 4.34. The van der Waals surface area contributed by atoms with Crippen LogP contribution in [0.2, 0.25) is 0 Å². The van der Waals surface area contributed by atoms with Gasteiger partial charge in [-0.1, -0.05) is 0 Å². The molecule has 0 N–H and O–H groups in total. The molecule has 108 valence electrons. The van der Waals surface area contributed by atoms with Crippen LogP contribution in [0.5, 0.6) is 0 Å². The summed E-state index contributed by atoms with van der Waals surface area (Å²) in [5.74, 6) is -1.49. The third-order valence-electron chi connectivity index (χ3n) is 2.54. The largest absolute Gasteiger partial charge is 0.458 e. The molecule has 1 rings (SSSR count). The van der Waals surface area contributed by atoms with Gasteiger partial charge in [0.2, 0.25) is 6.29 Å². The molecule has 3 unspecified atom stereocenters. The van der Waals surface area contributed by atoms with E-state index in [4.69, 9.17) is 18.9 Å². The van der Waals surface area contributed by atoms with Crippen LogP contribution >= 0.6 is 0 Å². The van der Waals surface area contributed by atoms with Crippen molar-refractivity contribution >= 4 is 17.9 Å². The van der Waals surface area contributed by atoms with Crippen molar-refractivity contribution in [3.05, 3.63) is 0 Å². The number of hydrogen-bond donors (Lipinski definition) is 0. The van der Waals surface area contributed by atoms with Crippen molar-refractivity contribution in [1.82, 2.24) is 0 Å². The monoisotopic (exact) mass is 274 g/mol. The van der Waals surface area contributed by atoms with Crippen LogP contribution in [0, 0.1) is 0 Å². The molecular formula is C12H18O7. The minimum atomic E-state index is -0.816. The van der Waals surface area contributed by atoms with Crippen molar-refractivity contribution < 1.29 is 33.3 Å². The van der Waals surface area contributed by atoms with E-state index >= 15 is 0 Å². The average Bonchev–Trinajstić information content (AvgIpc) is 2.21. The van der Waals surface area contributed by atoms with Crippen molar-refractivity contribution in [2.75, 3.05) is 0 Å². The molecular weight excluding hydrogens is 256 g/mol. The Morgan fingerprint density at radius 3 is 1.95 bits per heavy atom. The van der Waals surface area contributed by atoms with Gasteiger partial charge in [0.25, 0.3) is 0 Å². The molecule has 1 aliphatic rings. The van der Waals surface area contributed by atoms with Gasteiger partial charge in [-0.15, -0.1) is 0 Å². The van der Waals surface area contributed by atoms with E-state index in [2.05, 4.69) is 0 Å². The van der Waals surface area contributed by atoms with Gasteiger partial charge < -0.3 is 18.9 Å². The summed E-state index contributed by atoms with van der Waals surface area (Å²) in [6, 6.07) is 0. The molecule has 0 aromatic rings. The number of ether oxygens (including phenoxy) is 4. The third kappa shape index (κ3) is 4.86. The summed E-state index contributed by atoms with van der Waals surface area (Å²) in [5.41, 5.74) is 0. The summed E-state index contributed by atoms with van der Waals surface area (Å²) in [7, 11) is 0. The van der Waals surface area contributed by atoms with Gasteiger partial charge >= 0.3 is 17.9 Å². The smallest absolute Gasteiger partial charge is 0.304 e. The highest BCUT2D eigenvalue weighted by atomic mass is 16.7. The van der Waals surface area contributed by atoms with Gasteiger partial charge in [-0.05, 0) is 6.92 Å². The third-order valence-corrected chi connectivity index (χ3v) is 2.54. The van der Waals surface area contributed by atoms with Gasteiger partial charge in [0.05, 0.1) is 12.5 Å². The first kappa shape index (κ1) is 15.4. The highest BCUT2D eigenvalue weighted by Gasteiger charge is 2.42. The van der Waals surface area contributed by atoms with E-state index in [1.165, 1.54) is 20.8 Å². The van der Waals surface area contributed by atoms with Crippen LogP contribution < -0.4 is 0 Å². The van der Waals surface area contributed by atoms with Crippen molar-refractivity contribution in [2.45, 2.75) is 58.7 Å². The number of carbonyl (C=O) groups excluding carboxylic acids is 3. The van der Waals surface area contributed by atoms with Crippen LogP contribution in [0.1, 0.15) is 34.1 Å². The molecule has 0 amide bonds. The molecule has 1 fully saturated rings. The fourth-order valence-electron chi connectivity index (χ4n) is 1.95. The summed E-state index contributed by atoms with van der Waals surface area (Å²) in [6.07, 6.45) is -2.65. The molecule has 0 saturated carbocycles. The number of rotatable bonds is 3. The van der Waals surface area contributed by atoms with E-state index in [0.29, 0.717) is 0 Å². The second-order valence-electron chi connectivity index (χ2n) is 4.34. The van der Waals surface area contributed by atoms with Crippen molar-refractivity contribution in [1.29, 1.82) is 0 Å². The number of carbonyl (C=O) groups is 3. The lowest BCUT2D eigenvalue weighted by atomic mass is 10.0. The first-order valence-corrected chi connectivity index (χ1v) is 5.96. The first-order valence-electron chi connectivity index (χ1n) is 5.96. The zero-order chi connectivity index (χ0) is 14.6. The van der Waals surface area contributed by atoms with Gasteiger partial charge in [-0.25, -0.2) is 0 Å². The van der Waals surface area contributed by atoms with Crippen LogP contribution in [0.3, 0.4) is 0 Å². The lowest BCUT2D eigenvalue weighted by Gasteiger charge is -2.38. The Hall–Kier alpha value is -1.63. The molecule has 0 aromatic carbocycles. The Labute approximate surface area is 111 Å². The minimum absolute atomic E-state index is 0.126. The fraction of sp³-hybridized carbons (Fsp3) is 0.750. The van der Waals surface area contributed by atoms with E-state index in [0.717, 1.165) is 0 Å². The fourth-order valence-corrected chi connectivity index (χ4v) is 1.95. The second kappa shape index (κ2) is 6.51. The molecule has 1 aliphatic heterocycles. The Bertz CT molecular complexity index is 365. The quantitative estimate of drug-likeness (QED) is 0.548. The number of hydrogen-bond acceptors (Lipinski definition) is 7. The van der Waals surface area contributed by atoms with Gasteiger partial charge in [-0.3, -0.25) is 14.4 Å². The van der Waals surface area contributed by atoms with Crippen molar-refractivity contribution in [3.8, 4) is 0 Å². The van der Waals surface area contributed by atoms with Crippen molar-refractivity contribution in [3.63, 3.8) is 0 Å². The standard InChI is InChI=1S/C12H18O7/c1-6-12(19-9(4)15)10(17-7(2)13)5-11(16-6)18-8(3)14/h6,10-12H,5H2,1-4H3/t6?,10?,11-,12?/m0/s1. The molecule has 0 aliphatic carbocycles. The first-order chi connectivity index (χ1) is 8.79. The summed E-state index contributed by atoms with van der Waals surface area (Å²) in [4.78, 5) is 33.0. The molecule has 0 spiro atoms. The molecule has 1 heterocycles. The number of esters is 3. The maximum Gasteiger partial charge on any atom is 0.304 e. The van der Waals surface area contributed by atoms with Gasteiger partial charge in [-0.2, -0.15) is 0 Å². The minimum Gasteiger partial charge on any atom is -0.458 e. The Morgan fingerprint density at radius 2 is 1.47 bits per heavy atom. The van der Waals surface area contributed by atoms with E-state index in [1.807, 2.05) is 0 Å². The lowest BCUT2D eigenvalue weighted by Crippen LogP contribution is -2.51. The highest BCUT2D eigenvalue weighted by molar-refractivity contribution is 5.67. The molecule has 0 bridgehead atoms. The van der Waals surface area contributed by atoms with Gasteiger partial charge in [0.1, 0.15) is 6.10 Å². The SMILES string of the molecule is CC(=O)OC1C[C@H](OC(C)=O)OC(C)C1OC(C)=O. The predicted molar refractivity (Wildman–Crippen MR) is 61.8 cm³/mol. The maximum atomic E-state index is 11.1. The van der Waals surface area contributed by atoms with Crippen LogP contribution in [-0.4, -0.2) is 42.5 Å². The van der Waals surface area contributed by atoms with Gasteiger partial charge in [0.15, 0.2) is 6.10 Å². The maximum absolute atomic E-state index is 11.1. The summed E-state index contributed by atoms with van der Waals surface area (Å²) < 4.78 is 20.5. The normalized spacial score (nSPS) is 30.3. The van der Waals surface area contributed by atoms with Crippen LogP contribution in [-0.2, 0) is 33.3 Å². The lowest BCUT2D eigenvalue weighted by molar-refractivity contribution is -0.250. The summed E-state index contributed by atoms with van der Waals surface area (Å²) in [5, 5.41) is 0. The highest BCUT2D eigenvalue weighted by Crippen LogP contribution is 2.26. The van der Waals surface area contributed by atoms with Crippen molar-refractivity contribution in [2.24, 2.45) is 0 Å². The van der Waals surface area contributed by atoms with Crippen LogP contribution in [0.4, 0.5) is 0 Å². The predicted octanol–water partition coefficient (Wildman–Crippen LogP) is 0.548. The Balaban J connectivity index is 2.77. The van der Waals surface area contributed by atoms with Crippen LogP contribution in [0.25, 0.3) is 0 Å². The Morgan fingerprint density at radius 1 is 0.947 bits per heavy atom. The molecule has 0 radical (unpaired) electrons. The van der Waals surface area contributed by atoms with E-state index in [1.54, 1.807) is 6.92 Å². The molecule has 7 nitrogen and oxygen atoms in total. The zero-order valence-corrected chi connectivity index (χ0v) is 11.4. The molecule has 4 atom stereocenters. The Kier molecular flexibility index (Phi) is 5.29. The topological polar surface area (TPSA) is 88.1 Å². The summed E-state index contributed by atoms with van der Waals surface area (Å²) >= 11 is 0. The van der Waals surface area contributed by atoms with Crippen LogP contribution in [0.15, 0.2) is 0 Å². The van der Waals surface area contributed by atoms with E-state index in [-0.39, 0.29) is 6.42 Å².